The van der Waals surface area contributed by atoms with E-state index >= 15 is 0 Å². The number of hydrogen-bond acceptors (Lipinski definition) is 3. The Kier molecular flexibility index (Phi) is 2.89. The maximum Gasteiger partial charge on any atom is 0.187 e. The summed E-state index contributed by atoms with van der Waals surface area (Å²) in [6.07, 6.45) is -0.262. The number of para-hydroxylation sites is 1. The second-order valence-electron chi connectivity index (χ2n) is 4.41. The number of benzene rings is 1. The fourth-order valence-electron chi connectivity index (χ4n) is 2.34. The van der Waals surface area contributed by atoms with Gasteiger partial charge in [0.25, 0.3) is 0 Å². The summed E-state index contributed by atoms with van der Waals surface area (Å²) in [5, 5.41) is 4.58. The van der Waals surface area contributed by atoms with Crippen LogP contribution < -0.4 is 0 Å². The maximum absolute atomic E-state index is 5.57. The van der Waals surface area contributed by atoms with E-state index in [1.807, 2.05) is 48.9 Å². The van der Waals surface area contributed by atoms with Gasteiger partial charge in [0.2, 0.25) is 0 Å². The van der Waals surface area contributed by atoms with E-state index in [-0.39, 0.29) is 6.29 Å². The highest BCUT2D eigenvalue weighted by Crippen LogP contribution is 2.29. The van der Waals surface area contributed by atoms with Gasteiger partial charge in [-0.3, -0.25) is 0 Å². The molecular weight excluding hydrogens is 228 g/mol. The largest absolute Gasteiger partial charge is 0.346 e. The molecule has 1 aromatic carbocycles. The molecule has 0 saturated carbocycles. The quantitative estimate of drug-likeness (QED) is 0.814. The molecule has 3 rings (SSSR count). The number of aromatic nitrogens is 2. The van der Waals surface area contributed by atoms with Crippen LogP contribution in [0.2, 0.25) is 0 Å². The van der Waals surface area contributed by atoms with Gasteiger partial charge in [0, 0.05) is 5.69 Å². The van der Waals surface area contributed by atoms with Gasteiger partial charge in [-0.05, 0) is 26.0 Å². The number of nitrogens with zero attached hydrogens (tertiary/aromatic N) is 2. The Labute approximate surface area is 106 Å². The fourth-order valence-corrected chi connectivity index (χ4v) is 2.34. The van der Waals surface area contributed by atoms with Crippen LogP contribution in [0.1, 0.15) is 23.2 Å². The lowest BCUT2D eigenvalue weighted by molar-refractivity contribution is -0.0449. The van der Waals surface area contributed by atoms with Crippen molar-refractivity contribution in [1.82, 2.24) is 9.78 Å². The van der Waals surface area contributed by atoms with Gasteiger partial charge in [-0.25, -0.2) is 4.68 Å². The van der Waals surface area contributed by atoms with E-state index in [2.05, 4.69) is 5.10 Å². The molecule has 0 bridgehead atoms. The first-order chi connectivity index (χ1) is 8.77. The Morgan fingerprint density at radius 2 is 1.78 bits per heavy atom. The van der Waals surface area contributed by atoms with Gasteiger partial charge in [0.05, 0.1) is 30.2 Å². The van der Waals surface area contributed by atoms with Crippen molar-refractivity contribution >= 4 is 0 Å². The summed E-state index contributed by atoms with van der Waals surface area (Å²) in [5.74, 6) is 0. The Morgan fingerprint density at radius 3 is 2.44 bits per heavy atom. The lowest BCUT2D eigenvalue weighted by Crippen LogP contribution is -2.03. The number of aryl methyl sites for hydroxylation is 1. The molecule has 2 aromatic rings. The molecule has 0 aliphatic carbocycles. The van der Waals surface area contributed by atoms with Gasteiger partial charge in [-0.15, -0.1) is 0 Å². The van der Waals surface area contributed by atoms with Crippen molar-refractivity contribution in [2.75, 3.05) is 13.2 Å². The van der Waals surface area contributed by atoms with Gasteiger partial charge in [0.1, 0.15) is 0 Å². The third kappa shape index (κ3) is 1.83. The van der Waals surface area contributed by atoms with E-state index in [1.165, 1.54) is 0 Å². The number of ether oxygens (including phenoxy) is 2. The normalized spacial score (nSPS) is 16.3. The lowest BCUT2D eigenvalue weighted by atomic mass is 10.2. The van der Waals surface area contributed by atoms with Gasteiger partial charge in [-0.2, -0.15) is 5.10 Å². The first-order valence-electron chi connectivity index (χ1n) is 6.12. The second-order valence-corrected chi connectivity index (χ2v) is 4.41. The van der Waals surface area contributed by atoms with Crippen molar-refractivity contribution in [3.63, 3.8) is 0 Å². The van der Waals surface area contributed by atoms with Crippen LogP contribution in [-0.2, 0) is 9.47 Å². The molecule has 2 heterocycles. The van der Waals surface area contributed by atoms with Crippen molar-refractivity contribution < 1.29 is 9.47 Å². The summed E-state index contributed by atoms with van der Waals surface area (Å²) in [6, 6.07) is 10.1. The van der Waals surface area contributed by atoms with Gasteiger partial charge in [-0.1, -0.05) is 18.2 Å². The van der Waals surface area contributed by atoms with Crippen LogP contribution in [-0.4, -0.2) is 23.0 Å². The monoisotopic (exact) mass is 244 g/mol. The molecule has 0 N–H and O–H groups in total. The molecule has 4 heteroatoms. The van der Waals surface area contributed by atoms with Crippen molar-refractivity contribution in [1.29, 1.82) is 0 Å². The van der Waals surface area contributed by atoms with E-state index in [0.717, 1.165) is 22.6 Å². The summed E-state index contributed by atoms with van der Waals surface area (Å²) in [7, 11) is 0. The summed E-state index contributed by atoms with van der Waals surface area (Å²) in [4.78, 5) is 0. The van der Waals surface area contributed by atoms with Crippen LogP contribution in [0.15, 0.2) is 30.3 Å². The summed E-state index contributed by atoms with van der Waals surface area (Å²) in [6.45, 7) is 5.35. The number of hydrogen-bond donors (Lipinski definition) is 0. The van der Waals surface area contributed by atoms with E-state index < -0.39 is 0 Å². The average molecular weight is 244 g/mol. The van der Waals surface area contributed by atoms with Crippen molar-refractivity contribution in [2.45, 2.75) is 20.1 Å². The maximum atomic E-state index is 5.57. The highest BCUT2D eigenvalue weighted by molar-refractivity contribution is 5.37. The smallest absolute Gasteiger partial charge is 0.187 e. The van der Waals surface area contributed by atoms with Crippen molar-refractivity contribution in [3.8, 4) is 5.69 Å². The van der Waals surface area contributed by atoms with Crippen LogP contribution in [0.4, 0.5) is 0 Å². The molecule has 1 aliphatic rings. The molecule has 0 atom stereocenters. The zero-order valence-corrected chi connectivity index (χ0v) is 10.6. The van der Waals surface area contributed by atoms with Crippen LogP contribution in [0, 0.1) is 13.8 Å². The third-order valence-electron chi connectivity index (χ3n) is 3.21. The molecule has 94 valence electrons. The number of rotatable bonds is 2. The van der Waals surface area contributed by atoms with Crippen LogP contribution in [0.25, 0.3) is 5.69 Å². The van der Waals surface area contributed by atoms with Crippen LogP contribution in [0.3, 0.4) is 0 Å². The van der Waals surface area contributed by atoms with E-state index in [4.69, 9.17) is 9.47 Å². The predicted molar refractivity (Wildman–Crippen MR) is 67.7 cm³/mol. The van der Waals surface area contributed by atoms with Gasteiger partial charge in [0.15, 0.2) is 6.29 Å². The molecule has 1 saturated heterocycles. The summed E-state index contributed by atoms with van der Waals surface area (Å²) >= 11 is 0. The van der Waals surface area contributed by atoms with E-state index in [9.17, 15) is 0 Å². The minimum absolute atomic E-state index is 0.262. The molecule has 0 unspecified atom stereocenters. The van der Waals surface area contributed by atoms with E-state index in [1.54, 1.807) is 0 Å². The van der Waals surface area contributed by atoms with E-state index in [0.29, 0.717) is 13.2 Å². The second kappa shape index (κ2) is 4.55. The summed E-state index contributed by atoms with van der Waals surface area (Å²) in [5.41, 5.74) is 4.15. The zero-order valence-electron chi connectivity index (χ0n) is 10.6. The minimum Gasteiger partial charge on any atom is -0.346 e. The molecule has 1 aliphatic heterocycles. The molecule has 18 heavy (non-hydrogen) atoms. The van der Waals surface area contributed by atoms with Crippen molar-refractivity contribution in [3.05, 3.63) is 47.3 Å². The van der Waals surface area contributed by atoms with Crippen LogP contribution >= 0.6 is 0 Å². The SMILES string of the molecule is Cc1nn(-c2ccccc2)c(C)c1C1OCCO1. The Balaban J connectivity index is 2.05. The lowest BCUT2D eigenvalue weighted by Gasteiger charge is -2.10. The molecule has 0 amide bonds. The molecule has 0 spiro atoms. The molecule has 0 radical (unpaired) electrons. The summed E-state index contributed by atoms with van der Waals surface area (Å²) < 4.78 is 13.1. The Bertz CT molecular complexity index is 542. The zero-order chi connectivity index (χ0) is 12.5. The first-order valence-corrected chi connectivity index (χ1v) is 6.12. The fraction of sp³-hybridized carbons (Fsp3) is 0.357. The minimum atomic E-state index is -0.262. The van der Waals surface area contributed by atoms with Gasteiger partial charge < -0.3 is 9.47 Å². The third-order valence-corrected chi connectivity index (χ3v) is 3.21. The molecular formula is C14H16N2O2. The van der Waals surface area contributed by atoms with Crippen LogP contribution in [0.5, 0.6) is 0 Å². The first kappa shape index (κ1) is 11.4. The predicted octanol–water partition coefficient (Wildman–Crippen LogP) is 2.53. The average Bonchev–Trinajstić information content (AvgIpc) is 2.99. The molecule has 1 fully saturated rings. The van der Waals surface area contributed by atoms with Gasteiger partial charge >= 0.3 is 0 Å². The molecule has 4 nitrogen and oxygen atoms in total. The van der Waals surface area contributed by atoms with Crippen molar-refractivity contribution in [2.24, 2.45) is 0 Å². The Morgan fingerprint density at radius 1 is 1.11 bits per heavy atom. The highest BCUT2D eigenvalue weighted by atomic mass is 16.7. The topological polar surface area (TPSA) is 36.3 Å². The Hall–Kier alpha value is -1.65. The standard InChI is InChI=1S/C14H16N2O2/c1-10-13(14-17-8-9-18-14)11(2)16(15-10)12-6-4-3-5-7-12/h3-7,14H,8-9H2,1-2H3. The molecule has 1 aromatic heterocycles. The highest BCUT2D eigenvalue weighted by Gasteiger charge is 2.26.